The van der Waals surface area contributed by atoms with Gasteiger partial charge in [-0.15, -0.1) is 0 Å². The Bertz CT molecular complexity index is 1010. The Kier molecular flexibility index (Phi) is 11.5. The zero-order valence-corrected chi connectivity index (χ0v) is 29.7. The average molecular weight is 609 g/mol. The molecule has 5 atom stereocenters. The van der Waals surface area contributed by atoms with Crippen molar-refractivity contribution < 1.29 is 28.0 Å². The second-order valence-electron chi connectivity index (χ2n) is 14.8. The van der Waals surface area contributed by atoms with Gasteiger partial charge < -0.3 is 18.9 Å². The van der Waals surface area contributed by atoms with Gasteiger partial charge in [-0.05, 0) is 68.5 Å². The molecule has 2 saturated heterocycles. The van der Waals surface area contributed by atoms with E-state index in [1.54, 1.807) is 17.9 Å². The van der Waals surface area contributed by atoms with Crippen molar-refractivity contribution in [1.82, 2.24) is 10.2 Å². The predicted octanol–water partition coefficient (Wildman–Crippen LogP) is 6.59. The van der Waals surface area contributed by atoms with Gasteiger partial charge in [-0.1, -0.05) is 60.3 Å². The van der Waals surface area contributed by atoms with Gasteiger partial charge in [0.1, 0.15) is 6.61 Å². The molecule has 0 radical (unpaired) electrons. The monoisotopic (exact) mass is 608 g/mol. The highest BCUT2D eigenvalue weighted by Crippen LogP contribution is 2.40. The molecule has 2 aliphatic heterocycles. The number of nitrogens with zero attached hydrogens (tertiary/aromatic N) is 1. The van der Waals surface area contributed by atoms with Gasteiger partial charge in [-0.2, -0.15) is 0 Å². The number of hydrogen-bond donors (Lipinski definition) is 1. The molecule has 2 amide bonds. The Balaban J connectivity index is 2.14. The molecule has 2 aliphatic rings. The van der Waals surface area contributed by atoms with Gasteiger partial charge >= 0.3 is 6.09 Å². The molecule has 0 bridgehead atoms. The third-order valence-electron chi connectivity index (χ3n) is 9.67. The van der Waals surface area contributed by atoms with Gasteiger partial charge in [0.15, 0.2) is 22.4 Å². The molecule has 2 unspecified atom stereocenters. The Labute approximate surface area is 250 Å². The number of rotatable bonds is 12. The highest BCUT2D eigenvalue weighted by molar-refractivity contribution is 6.74. The number of likely N-dealkylation sites (tertiary alicyclic amines) is 1. The molecule has 0 aromatic rings. The molecule has 1 N–H and O–H groups in total. The lowest BCUT2D eigenvalue weighted by atomic mass is 9.82. The maximum atomic E-state index is 13.3. The van der Waals surface area contributed by atoms with Gasteiger partial charge in [-0.3, -0.25) is 14.5 Å². The fourth-order valence-corrected chi connectivity index (χ4v) is 7.35. The fourth-order valence-electron chi connectivity index (χ4n) is 4.88. The summed E-state index contributed by atoms with van der Waals surface area (Å²) in [5, 5.41) is 3.01. The fraction of sp³-hybridized carbons (Fsp3) is 0.774. The molecular weight excluding hydrogens is 553 g/mol. The summed E-state index contributed by atoms with van der Waals surface area (Å²) in [5.74, 6) is -0.457. The first-order valence-corrected chi connectivity index (χ1v) is 20.8. The van der Waals surface area contributed by atoms with Crippen molar-refractivity contribution >= 4 is 34.4 Å². The van der Waals surface area contributed by atoms with Crippen LogP contribution < -0.4 is 5.32 Å². The first-order chi connectivity index (χ1) is 18.6. The minimum absolute atomic E-state index is 0.0275. The predicted molar refractivity (Wildman–Crippen MR) is 170 cm³/mol. The number of β-lactam (4-membered cyclic amide) rings is 1. The van der Waals surface area contributed by atoms with E-state index in [4.69, 9.17) is 13.6 Å². The quantitative estimate of drug-likeness (QED) is 0.116. The van der Waals surface area contributed by atoms with Crippen LogP contribution in [0.2, 0.25) is 36.3 Å². The zero-order valence-electron chi connectivity index (χ0n) is 27.7. The van der Waals surface area contributed by atoms with Gasteiger partial charge in [0.05, 0.1) is 36.8 Å². The van der Waals surface area contributed by atoms with Crippen molar-refractivity contribution in [2.24, 2.45) is 5.92 Å². The summed E-state index contributed by atoms with van der Waals surface area (Å²) in [6.07, 6.45) is 4.44. The number of hydrogen-bond acceptors (Lipinski definition) is 6. The van der Waals surface area contributed by atoms with E-state index in [-0.39, 0.29) is 64.9 Å². The van der Waals surface area contributed by atoms with E-state index < -0.39 is 22.7 Å². The Morgan fingerprint density at radius 2 is 1.66 bits per heavy atom. The summed E-state index contributed by atoms with van der Waals surface area (Å²) < 4.78 is 18.4. The summed E-state index contributed by atoms with van der Waals surface area (Å²) in [4.78, 5) is 40.7. The molecule has 2 rings (SSSR count). The molecule has 2 fully saturated rings. The SMILES string of the molecule is C=CCOC(=O)N1C(C=C(C)C(=O)C[C@H]2NC(=O)[C@@H]2[C@@H](C)O[Si](C)(C)C(C)(C)C)CCC1CO[Si](C)(C)C(C)(C)C. The molecule has 2 heterocycles. The van der Waals surface area contributed by atoms with Crippen LogP contribution in [-0.4, -0.2) is 76.8 Å². The van der Waals surface area contributed by atoms with Crippen molar-refractivity contribution in [1.29, 1.82) is 0 Å². The lowest BCUT2D eigenvalue weighted by Gasteiger charge is -2.45. The van der Waals surface area contributed by atoms with Crippen molar-refractivity contribution in [2.45, 2.75) is 135 Å². The number of Topliss-reactive ketones (excluding diaryl/α,β-unsaturated/α-hetero) is 1. The standard InChI is InChI=1S/C31H56N2O6Si2/c1-14-17-37-29(36)33-23(15-16-24(33)20-38-40(10,11)30(4,5)6)18-21(2)26(34)19-25-27(28(35)32-25)22(3)39-41(12,13)31(7,8)9/h14,18,22-25,27H,1,15-17,19-20H2,2-13H3,(H,32,35)/t22-,23?,24?,25-,27-/m1/s1. The second kappa shape index (κ2) is 13.3. The molecule has 234 valence electrons. The molecule has 0 saturated carbocycles. The normalized spacial score (nSPS) is 24.9. The van der Waals surface area contributed by atoms with Crippen molar-refractivity contribution in [3.63, 3.8) is 0 Å². The Hall–Kier alpha value is -1.76. The minimum Gasteiger partial charge on any atom is -0.445 e. The van der Waals surface area contributed by atoms with Crippen LogP contribution in [0.3, 0.4) is 0 Å². The first kappa shape index (κ1) is 35.4. The smallest absolute Gasteiger partial charge is 0.410 e. The Morgan fingerprint density at radius 1 is 1.07 bits per heavy atom. The van der Waals surface area contributed by atoms with E-state index in [0.29, 0.717) is 12.2 Å². The summed E-state index contributed by atoms with van der Waals surface area (Å²) >= 11 is 0. The minimum atomic E-state index is -2.06. The molecule has 0 spiro atoms. The summed E-state index contributed by atoms with van der Waals surface area (Å²) in [6, 6.07) is -0.660. The average Bonchev–Trinajstić information content (AvgIpc) is 3.21. The number of amides is 2. The third-order valence-corrected chi connectivity index (χ3v) is 18.7. The molecule has 0 aromatic heterocycles. The van der Waals surface area contributed by atoms with Gasteiger partial charge in [0, 0.05) is 6.42 Å². The van der Waals surface area contributed by atoms with Gasteiger partial charge in [-0.25, -0.2) is 4.79 Å². The van der Waals surface area contributed by atoms with E-state index in [0.717, 1.165) is 12.8 Å². The van der Waals surface area contributed by atoms with Crippen LogP contribution in [0.25, 0.3) is 0 Å². The van der Waals surface area contributed by atoms with Crippen LogP contribution in [0.1, 0.15) is 74.7 Å². The topological polar surface area (TPSA) is 94.2 Å². The summed E-state index contributed by atoms with van der Waals surface area (Å²) in [6.45, 7) is 29.8. The van der Waals surface area contributed by atoms with Crippen LogP contribution >= 0.6 is 0 Å². The van der Waals surface area contributed by atoms with Crippen LogP contribution in [0.15, 0.2) is 24.3 Å². The number of carbonyl (C=O) groups is 3. The van der Waals surface area contributed by atoms with Crippen LogP contribution in [0.5, 0.6) is 0 Å². The van der Waals surface area contributed by atoms with E-state index in [1.807, 2.05) is 13.0 Å². The number of ether oxygens (including phenoxy) is 1. The van der Waals surface area contributed by atoms with Crippen molar-refractivity contribution in [3.05, 3.63) is 24.3 Å². The van der Waals surface area contributed by atoms with Gasteiger partial charge in [0.25, 0.3) is 0 Å². The molecule has 8 nitrogen and oxygen atoms in total. The first-order valence-electron chi connectivity index (χ1n) is 15.0. The zero-order chi connectivity index (χ0) is 31.6. The van der Waals surface area contributed by atoms with Crippen LogP contribution in [0, 0.1) is 5.92 Å². The number of allylic oxidation sites excluding steroid dienone is 1. The van der Waals surface area contributed by atoms with Crippen LogP contribution in [0.4, 0.5) is 4.79 Å². The summed E-state index contributed by atoms with van der Waals surface area (Å²) in [7, 11) is -4.07. The molecule has 10 heteroatoms. The second-order valence-corrected chi connectivity index (χ2v) is 24.4. The maximum Gasteiger partial charge on any atom is 0.410 e. The molecule has 0 aliphatic carbocycles. The largest absolute Gasteiger partial charge is 0.445 e. The number of carbonyl (C=O) groups excluding carboxylic acids is 3. The van der Waals surface area contributed by atoms with Crippen molar-refractivity contribution in [3.8, 4) is 0 Å². The van der Waals surface area contributed by atoms with E-state index >= 15 is 0 Å². The Morgan fingerprint density at radius 3 is 2.17 bits per heavy atom. The maximum absolute atomic E-state index is 13.3. The molecular formula is C31H56N2O6Si2. The summed E-state index contributed by atoms with van der Waals surface area (Å²) in [5.41, 5.74) is 0.584. The van der Waals surface area contributed by atoms with Crippen LogP contribution in [-0.2, 0) is 23.2 Å². The number of ketones is 1. The molecule has 0 aromatic carbocycles. The third kappa shape index (κ3) is 8.64. The van der Waals surface area contributed by atoms with Crippen molar-refractivity contribution in [2.75, 3.05) is 13.2 Å². The highest BCUT2D eigenvalue weighted by Gasteiger charge is 2.48. The number of nitrogens with one attached hydrogen (secondary N) is 1. The lowest BCUT2D eigenvalue weighted by molar-refractivity contribution is -0.141. The highest BCUT2D eigenvalue weighted by atomic mass is 28.4. The van der Waals surface area contributed by atoms with Gasteiger partial charge in [0.2, 0.25) is 5.91 Å². The molecule has 41 heavy (non-hydrogen) atoms. The van der Waals surface area contributed by atoms with E-state index in [1.165, 1.54) is 0 Å². The van der Waals surface area contributed by atoms with E-state index in [9.17, 15) is 14.4 Å². The lowest BCUT2D eigenvalue weighted by Crippen LogP contribution is -2.64. The van der Waals surface area contributed by atoms with E-state index in [2.05, 4.69) is 79.6 Å².